The maximum atomic E-state index is 12.1. The molecule has 0 atom stereocenters. The molecule has 0 saturated heterocycles. The number of nitrogens with one attached hydrogen (secondary N) is 2. The molecule has 0 fully saturated rings. The van der Waals surface area contributed by atoms with Gasteiger partial charge in [0.15, 0.2) is 5.03 Å². The average Bonchev–Trinajstić information content (AvgIpc) is 2.79. The van der Waals surface area contributed by atoms with Crippen LogP contribution < -0.4 is 9.46 Å². The number of hydrogen-bond acceptors (Lipinski definition) is 5. The molecule has 0 spiro atoms. The zero-order valence-corrected chi connectivity index (χ0v) is 11.2. The van der Waals surface area contributed by atoms with Crippen LogP contribution >= 0.6 is 0 Å². The van der Waals surface area contributed by atoms with E-state index < -0.39 is 10.0 Å². The molecule has 2 aromatic rings. The van der Waals surface area contributed by atoms with Crippen molar-refractivity contribution >= 4 is 15.7 Å². The van der Waals surface area contributed by atoms with Crippen LogP contribution in [-0.4, -0.2) is 30.6 Å². The van der Waals surface area contributed by atoms with Crippen LogP contribution in [0.2, 0.25) is 0 Å². The van der Waals surface area contributed by atoms with E-state index in [4.69, 9.17) is 4.74 Å². The van der Waals surface area contributed by atoms with Crippen molar-refractivity contribution in [2.75, 3.05) is 11.8 Å². The summed E-state index contributed by atoms with van der Waals surface area (Å²) in [7, 11) is -2.47. The molecule has 0 unspecified atom stereocenters. The first-order chi connectivity index (χ1) is 8.94. The Kier molecular flexibility index (Phi) is 3.34. The zero-order valence-electron chi connectivity index (χ0n) is 10.3. The van der Waals surface area contributed by atoms with E-state index in [2.05, 4.69) is 14.7 Å². The smallest absolute Gasteiger partial charge is 0.279 e. The Morgan fingerprint density at radius 2 is 2.16 bits per heavy atom. The minimum atomic E-state index is -3.86. The summed E-state index contributed by atoms with van der Waals surface area (Å²) in [5.74, 6) is 0.476. The van der Waals surface area contributed by atoms with Crippen LogP contribution in [0.5, 0.6) is 11.5 Å². The third kappa shape index (κ3) is 2.63. The standard InChI is InChI=1S/C11H13N3O4S/c1-7-12-6-10(13-7)19(16,17)14-11-8(15)4-3-5-9(11)18-2/h3-6,14-15H,1-2H3,(H,12,13). The van der Waals surface area contributed by atoms with Crippen molar-refractivity contribution in [2.24, 2.45) is 0 Å². The third-order valence-corrected chi connectivity index (χ3v) is 3.69. The number of H-pyrrole nitrogens is 1. The molecule has 0 radical (unpaired) electrons. The van der Waals surface area contributed by atoms with Gasteiger partial charge in [0.1, 0.15) is 23.0 Å². The van der Waals surface area contributed by atoms with Crippen molar-refractivity contribution in [3.05, 3.63) is 30.2 Å². The molecule has 0 aliphatic heterocycles. The summed E-state index contributed by atoms with van der Waals surface area (Å²) < 4.78 is 31.4. The first-order valence-electron chi connectivity index (χ1n) is 5.34. The van der Waals surface area contributed by atoms with Crippen molar-refractivity contribution in [3.63, 3.8) is 0 Å². The van der Waals surface area contributed by atoms with Crippen molar-refractivity contribution in [2.45, 2.75) is 11.9 Å². The van der Waals surface area contributed by atoms with Crippen molar-refractivity contribution in [1.29, 1.82) is 0 Å². The van der Waals surface area contributed by atoms with Gasteiger partial charge in [0.2, 0.25) is 0 Å². The van der Waals surface area contributed by atoms with Crippen LogP contribution in [0.4, 0.5) is 5.69 Å². The van der Waals surface area contributed by atoms with Gasteiger partial charge in [0.25, 0.3) is 10.0 Å². The Morgan fingerprint density at radius 3 is 2.74 bits per heavy atom. The number of benzene rings is 1. The van der Waals surface area contributed by atoms with Crippen LogP contribution in [0.25, 0.3) is 0 Å². The van der Waals surface area contributed by atoms with E-state index >= 15 is 0 Å². The van der Waals surface area contributed by atoms with Crippen molar-refractivity contribution in [3.8, 4) is 11.5 Å². The minimum absolute atomic E-state index is 0.0164. The lowest BCUT2D eigenvalue weighted by atomic mass is 10.3. The largest absolute Gasteiger partial charge is 0.506 e. The highest BCUT2D eigenvalue weighted by molar-refractivity contribution is 7.92. The molecule has 1 aromatic carbocycles. The maximum Gasteiger partial charge on any atom is 0.279 e. The van der Waals surface area contributed by atoms with Gasteiger partial charge < -0.3 is 14.8 Å². The van der Waals surface area contributed by atoms with Crippen LogP contribution in [0, 0.1) is 6.92 Å². The number of anilines is 1. The van der Waals surface area contributed by atoms with Crippen LogP contribution in [-0.2, 0) is 10.0 Å². The monoisotopic (exact) mass is 283 g/mol. The molecule has 1 aromatic heterocycles. The van der Waals surface area contributed by atoms with Gasteiger partial charge in [-0.3, -0.25) is 4.72 Å². The van der Waals surface area contributed by atoms with Gasteiger partial charge in [0.05, 0.1) is 13.3 Å². The van der Waals surface area contributed by atoms with Crippen molar-refractivity contribution < 1.29 is 18.3 Å². The molecule has 19 heavy (non-hydrogen) atoms. The highest BCUT2D eigenvalue weighted by Crippen LogP contribution is 2.34. The Hall–Kier alpha value is -2.22. The van der Waals surface area contributed by atoms with E-state index in [1.54, 1.807) is 13.0 Å². The quantitative estimate of drug-likeness (QED) is 0.732. The Balaban J connectivity index is 2.41. The number of aromatic nitrogens is 2. The summed E-state index contributed by atoms with van der Waals surface area (Å²) in [6.45, 7) is 1.64. The van der Waals surface area contributed by atoms with Gasteiger partial charge in [-0.25, -0.2) is 4.98 Å². The summed E-state index contributed by atoms with van der Waals surface area (Å²) >= 11 is 0. The number of ether oxygens (including phenoxy) is 1. The molecule has 0 saturated carbocycles. The van der Waals surface area contributed by atoms with E-state index in [1.807, 2.05) is 0 Å². The summed E-state index contributed by atoms with van der Waals surface area (Å²) in [6, 6.07) is 4.45. The Bertz CT molecular complexity index is 694. The van der Waals surface area contributed by atoms with E-state index in [0.717, 1.165) is 0 Å². The molecule has 3 N–H and O–H groups in total. The van der Waals surface area contributed by atoms with E-state index in [0.29, 0.717) is 5.82 Å². The summed E-state index contributed by atoms with van der Waals surface area (Å²) in [6.07, 6.45) is 1.20. The summed E-state index contributed by atoms with van der Waals surface area (Å²) in [5, 5.41) is 9.62. The number of imidazole rings is 1. The van der Waals surface area contributed by atoms with Crippen molar-refractivity contribution in [1.82, 2.24) is 9.97 Å². The van der Waals surface area contributed by atoms with Gasteiger partial charge in [-0.1, -0.05) is 6.07 Å². The Labute approximate surface area is 110 Å². The highest BCUT2D eigenvalue weighted by atomic mass is 32.2. The second-order valence-corrected chi connectivity index (χ2v) is 5.44. The summed E-state index contributed by atoms with van der Waals surface area (Å²) in [5.41, 5.74) is -0.0164. The number of sulfonamides is 1. The molecule has 1 heterocycles. The predicted molar refractivity (Wildman–Crippen MR) is 68.8 cm³/mol. The predicted octanol–water partition coefficient (Wildman–Crippen LogP) is 1.23. The molecule has 7 nitrogen and oxygen atoms in total. The summed E-state index contributed by atoms with van der Waals surface area (Å²) in [4.78, 5) is 6.43. The normalized spacial score (nSPS) is 11.3. The molecular weight excluding hydrogens is 270 g/mol. The van der Waals surface area contributed by atoms with E-state index in [9.17, 15) is 13.5 Å². The lowest BCUT2D eigenvalue weighted by Gasteiger charge is -2.12. The molecule has 0 aliphatic carbocycles. The van der Waals surface area contributed by atoms with Gasteiger partial charge >= 0.3 is 0 Å². The van der Waals surface area contributed by atoms with Crippen LogP contribution in [0.15, 0.2) is 29.4 Å². The number of hydrogen-bond donors (Lipinski definition) is 3. The van der Waals surface area contributed by atoms with E-state index in [1.165, 1.54) is 25.4 Å². The Morgan fingerprint density at radius 1 is 1.42 bits per heavy atom. The lowest BCUT2D eigenvalue weighted by Crippen LogP contribution is -2.14. The fourth-order valence-electron chi connectivity index (χ4n) is 1.52. The second-order valence-electron chi connectivity index (χ2n) is 3.79. The molecule has 0 bridgehead atoms. The zero-order chi connectivity index (χ0) is 14.0. The number of methoxy groups -OCH3 is 1. The van der Waals surface area contributed by atoms with E-state index in [-0.39, 0.29) is 22.2 Å². The van der Waals surface area contributed by atoms with Gasteiger partial charge in [-0.15, -0.1) is 0 Å². The maximum absolute atomic E-state index is 12.1. The van der Waals surface area contributed by atoms with Gasteiger partial charge in [-0.2, -0.15) is 8.42 Å². The molecular formula is C11H13N3O4S. The fraction of sp³-hybridized carbons (Fsp3) is 0.182. The topological polar surface area (TPSA) is 104 Å². The number of phenolic OH excluding ortho intramolecular Hbond substituents is 1. The molecule has 8 heteroatoms. The number of nitrogens with zero attached hydrogens (tertiary/aromatic N) is 1. The first kappa shape index (κ1) is 13.2. The minimum Gasteiger partial charge on any atom is -0.506 e. The molecule has 102 valence electrons. The molecule has 0 amide bonds. The highest BCUT2D eigenvalue weighted by Gasteiger charge is 2.20. The molecule has 0 aliphatic rings. The average molecular weight is 283 g/mol. The SMILES string of the molecule is COc1cccc(O)c1NS(=O)(=O)c1cnc(C)[nH]1. The fourth-order valence-corrected chi connectivity index (χ4v) is 2.57. The van der Waals surface area contributed by atoms with Crippen LogP contribution in [0.3, 0.4) is 0 Å². The number of aryl methyl sites for hydroxylation is 1. The first-order valence-corrected chi connectivity index (χ1v) is 6.83. The number of para-hydroxylation sites is 1. The number of rotatable bonds is 4. The van der Waals surface area contributed by atoms with Gasteiger partial charge in [0, 0.05) is 0 Å². The molecule has 2 rings (SSSR count). The number of aromatic hydroxyl groups is 1. The third-order valence-electron chi connectivity index (χ3n) is 2.43. The lowest BCUT2D eigenvalue weighted by molar-refractivity contribution is 0.411. The van der Waals surface area contributed by atoms with Crippen LogP contribution in [0.1, 0.15) is 5.82 Å². The second kappa shape index (κ2) is 4.81. The van der Waals surface area contributed by atoms with Gasteiger partial charge in [-0.05, 0) is 19.1 Å². The number of aromatic amines is 1. The number of phenols is 1.